The maximum absolute atomic E-state index is 12.0. The van der Waals surface area contributed by atoms with Crippen LogP contribution in [0.5, 0.6) is 11.5 Å². The zero-order valence-corrected chi connectivity index (χ0v) is 19.8. The van der Waals surface area contributed by atoms with E-state index in [1.807, 2.05) is 42.5 Å². The first-order chi connectivity index (χ1) is 17.4. The molecule has 0 bridgehead atoms. The summed E-state index contributed by atoms with van der Waals surface area (Å²) in [5, 5.41) is 25.2. The van der Waals surface area contributed by atoms with E-state index >= 15 is 0 Å². The summed E-state index contributed by atoms with van der Waals surface area (Å²) >= 11 is 0. The number of aliphatic carboxylic acids is 1. The van der Waals surface area contributed by atoms with E-state index in [1.54, 1.807) is 26.2 Å². The Kier molecular flexibility index (Phi) is 6.07. The van der Waals surface area contributed by atoms with Gasteiger partial charge in [0.15, 0.2) is 0 Å². The molecule has 0 saturated heterocycles. The minimum atomic E-state index is -0.901. The van der Waals surface area contributed by atoms with E-state index in [2.05, 4.69) is 10.3 Å². The van der Waals surface area contributed by atoms with Crippen LogP contribution in [0.2, 0.25) is 0 Å². The molecule has 184 valence electrons. The number of nitrogens with one attached hydrogen (secondary N) is 2. The molecule has 4 aromatic rings. The van der Waals surface area contributed by atoms with Crippen molar-refractivity contribution < 1.29 is 24.3 Å². The number of carbonyl (C=O) groups is 1. The summed E-state index contributed by atoms with van der Waals surface area (Å²) in [6.45, 7) is 1.83. The molecule has 9 heteroatoms. The molecule has 3 N–H and O–H groups in total. The van der Waals surface area contributed by atoms with Crippen molar-refractivity contribution in [3.05, 3.63) is 98.7 Å². The molecule has 0 unspecified atom stereocenters. The quantitative estimate of drug-likeness (QED) is 0.256. The number of nitro groups is 1. The molecule has 0 aliphatic carbocycles. The summed E-state index contributed by atoms with van der Waals surface area (Å²) in [4.78, 5) is 26.1. The minimum Gasteiger partial charge on any atom is -0.496 e. The monoisotopic (exact) mass is 487 g/mol. The number of hydrogen-bond acceptors (Lipinski definition) is 6. The van der Waals surface area contributed by atoms with Crippen molar-refractivity contribution in [1.29, 1.82) is 0 Å². The van der Waals surface area contributed by atoms with Crippen LogP contribution in [0.1, 0.15) is 34.0 Å². The minimum absolute atomic E-state index is 0.0347. The number of carboxylic acid groups (broad SMARTS) is 1. The highest BCUT2D eigenvalue weighted by molar-refractivity contribution is 5.87. The molecule has 9 nitrogen and oxygen atoms in total. The second kappa shape index (κ2) is 9.35. The van der Waals surface area contributed by atoms with E-state index < -0.39 is 16.9 Å². The molecule has 0 radical (unpaired) electrons. The van der Waals surface area contributed by atoms with Crippen LogP contribution in [0.15, 0.2) is 60.7 Å². The molecule has 5 rings (SSSR count). The van der Waals surface area contributed by atoms with Crippen LogP contribution in [-0.2, 0) is 17.8 Å². The maximum atomic E-state index is 12.0. The predicted octanol–water partition coefficient (Wildman–Crippen LogP) is 4.66. The highest BCUT2D eigenvalue weighted by atomic mass is 16.6. The van der Waals surface area contributed by atoms with Gasteiger partial charge in [-0.15, -0.1) is 0 Å². The molecule has 2 heterocycles. The Morgan fingerprint density at radius 3 is 2.69 bits per heavy atom. The van der Waals surface area contributed by atoms with Crippen molar-refractivity contribution in [2.75, 3.05) is 7.11 Å². The first kappa shape index (κ1) is 23.4. The van der Waals surface area contributed by atoms with Gasteiger partial charge >= 0.3 is 5.97 Å². The number of H-pyrrole nitrogens is 1. The number of aromatic nitrogens is 1. The Bertz CT molecular complexity index is 1480. The molecular weight excluding hydrogens is 462 g/mol. The summed E-state index contributed by atoms with van der Waals surface area (Å²) in [5.41, 5.74) is 5.08. The molecule has 0 spiro atoms. The number of carboxylic acids is 1. The fraction of sp³-hybridized carbons (Fsp3) is 0.222. The van der Waals surface area contributed by atoms with E-state index in [0.717, 1.165) is 33.3 Å². The van der Waals surface area contributed by atoms with E-state index in [4.69, 9.17) is 9.47 Å². The topological polar surface area (TPSA) is 127 Å². The number of fused-ring (bicyclic) bond motifs is 3. The van der Waals surface area contributed by atoms with Gasteiger partial charge in [0.1, 0.15) is 24.1 Å². The number of nitro benzene ring substituents is 1. The lowest BCUT2D eigenvalue weighted by atomic mass is 9.89. The first-order valence-corrected chi connectivity index (χ1v) is 11.5. The second-order valence-electron chi connectivity index (χ2n) is 8.82. The highest BCUT2D eigenvalue weighted by Gasteiger charge is 2.34. The van der Waals surface area contributed by atoms with Gasteiger partial charge in [-0.05, 0) is 48.4 Å². The van der Waals surface area contributed by atoms with Crippen LogP contribution in [0.25, 0.3) is 10.9 Å². The zero-order chi connectivity index (χ0) is 25.4. The smallest absolute Gasteiger partial charge is 0.321 e. The molecule has 36 heavy (non-hydrogen) atoms. The third-order valence-electron chi connectivity index (χ3n) is 6.61. The van der Waals surface area contributed by atoms with Crippen LogP contribution in [-0.4, -0.2) is 34.1 Å². The summed E-state index contributed by atoms with van der Waals surface area (Å²) in [6.07, 6.45) is 0.386. The molecule has 1 aliphatic rings. The number of nitrogens with zero attached hydrogens (tertiary/aromatic N) is 1. The number of aryl methyl sites for hydroxylation is 1. The lowest BCUT2D eigenvalue weighted by Crippen LogP contribution is -2.45. The molecule has 1 aliphatic heterocycles. The van der Waals surface area contributed by atoms with E-state index in [1.165, 1.54) is 6.07 Å². The summed E-state index contributed by atoms with van der Waals surface area (Å²) < 4.78 is 11.5. The van der Waals surface area contributed by atoms with Crippen molar-refractivity contribution in [2.45, 2.75) is 32.0 Å². The molecule has 1 aromatic heterocycles. The van der Waals surface area contributed by atoms with Crippen LogP contribution in [0.4, 0.5) is 5.69 Å². The third-order valence-corrected chi connectivity index (χ3v) is 6.61. The van der Waals surface area contributed by atoms with E-state index in [0.29, 0.717) is 23.5 Å². The largest absolute Gasteiger partial charge is 0.496 e. The molecule has 0 fully saturated rings. The van der Waals surface area contributed by atoms with Crippen LogP contribution in [0.3, 0.4) is 0 Å². The lowest BCUT2D eigenvalue weighted by Gasteiger charge is -2.30. The highest BCUT2D eigenvalue weighted by Crippen LogP contribution is 2.37. The maximum Gasteiger partial charge on any atom is 0.321 e. The Morgan fingerprint density at radius 2 is 1.97 bits per heavy atom. The number of rotatable bonds is 7. The zero-order valence-electron chi connectivity index (χ0n) is 19.8. The van der Waals surface area contributed by atoms with Crippen LogP contribution >= 0.6 is 0 Å². The van der Waals surface area contributed by atoms with Gasteiger partial charge in [-0.2, -0.15) is 0 Å². The van der Waals surface area contributed by atoms with E-state index in [9.17, 15) is 20.0 Å². The third kappa shape index (κ3) is 4.25. The first-order valence-electron chi connectivity index (χ1n) is 11.5. The van der Waals surface area contributed by atoms with Gasteiger partial charge in [0, 0.05) is 40.2 Å². The SMILES string of the molecule is COc1ccc([C@@H]2N[C@@H](C(=O)O)Cc3c2[nH]c2ccccc32)cc1COc1ccc([N+](=O)[O-])c(C)c1. The van der Waals surface area contributed by atoms with Crippen molar-refractivity contribution >= 4 is 22.6 Å². The molecule has 3 aromatic carbocycles. The van der Waals surface area contributed by atoms with Crippen molar-refractivity contribution in [1.82, 2.24) is 10.3 Å². The van der Waals surface area contributed by atoms with Gasteiger partial charge in [-0.25, -0.2) is 0 Å². The fourth-order valence-electron chi connectivity index (χ4n) is 4.83. The summed E-state index contributed by atoms with van der Waals surface area (Å²) in [5.74, 6) is 0.228. The van der Waals surface area contributed by atoms with Crippen LogP contribution in [0, 0.1) is 17.0 Å². The molecular formula is C27H25N3O6. The Morgan fingerprint density at radius 1 is 1.17 bits per heavy atom. The molecule has 0 saturated carbocycles. The normalized spacial score (nSPS) is 16.9. The number of aromatic amines is 1. The average Bonchev–Trinajstić information content (AvgIpc) is 3.25. The second-order valence-corrected chi connectivity index (χ2v) is 8.82. The van der Waals surface area contributed by atoms with Gasteiger partial charge in [-0.1, -0.05) is 24.3 Å². The predicted molar refractivity (Wildman–Crippen MR) is 134 cm³/mol. The summed E-state index contributed by atoms with van der Waals surface area (Å²) in [6, 6.07) is 17.1. The van der Waals surface area contributed by atoms with Gasteiger partial charge < -0.3 is 19.6 Å². The van der Waals surface area contributed by atoms with Crippen molar-refractivity contribution in [2.24, 2.45) is 0 Å². The Balaban J connectivity index is 1.49. The van der Waals surface area contributed by atoms with Gasteiger partial charge in [-0.3, -0.25) is 20.2 Å². The molecule has 2 atom stereocenters. The Hall–Kier alpha value is -4.37. The number of para-hydroxylation sites is 1. The number of methoxy groups -OCH3 is 1. The van der Waals surface area contributed by atoms with Gasteiger partial charge in [0.05, 0.1) is 18.1 Å². The Labute approximate surface area is 206 Å². The lowest BCUT2D eigenvalue weighted by molar-refractivity contribution is -0.385. The van der Waals surface area contributed by atoms with Crippen molar-refractivity contribution in [3.8, 4) is 11.5 Å². The number of benzene rings is 3. The number of hydrogen-bond donors (Lipinski definition) is 3. The fourth-order valence-corrected chi connectivity index (χ4v) is 4.83. The molecule has 0 amide bonds. The average molecular weight is 488 g/mol. The van der Waals surface area contributed by atoms with Gasteiger partial charge in [0.25, 0.3) is 5.69 Å². The van der Waals surface area contributed by atoms with Crippen LogP contribution < -0.4 is 14.8 Å². The van der Waals surface area contributed by atoms with E-state index in [-0.39, 0.29) is 18.3 Å². The summed E-state index contributed by atoms with van der Waals surface area (Å²) in [7, 11) is 1.57. The standard InChI is InChI=1S/C27H25N3O6/c1-15-11-18(8-9-23(15)30(33)34)36-14-17-12-16(7-10-24(17)35-2)25-26-20(13-22(29-25)27(31)32)19-5-3-4-6-21(19)28-26/h3-12,22,25,28-29H,13-14H2,1-2H3,(H,31,32)/t22-,25+/m1/s1. The van der Waals surface area contributed by atoms with Crippen molar-refractivity contribution in [3.63, 3.8) is 0 Å². The number of ether oxygens (including phenoxy) is 2. The van der Waals surface area contributed by atoms with Gasteiger partial charge in [0.2, 0.25) is 0 Å².